The molecule has 1 rings (SSSR count). The Hall–Kier alpha value is -1.52. The molecular weight excluding hydrogens is 209 g/mol. The maximum atomic E-state index is 11.7. The molecule has 2 nitrogen and oxygen atoms in total. The zero-order chi connectivity index (χ0) is 11.3. The van der Waals surface area contributed by atoms with Gasteiger partial charge < -0.3 is 4.74 Å². The standard InChI is InChI=1S/C10H9F3O2/c11-10(12,13)9(14)15-7-6-8-4-2-1-3-5-8/h1-5H,6-7H2. The van der Waals surface area contributed by atoms with E-state index >= 15 is 0 Å². The Bertz CT molecular complexity index is 319. The Morgan fingerprint density at radius 2 is 1.80 bits per heavy atom. The third-order valence-corrected chi connectivity index (χ3v) is 1.70. The number of ether oxygens (including phenoxy) is 1. The van der Waals surface area contributed by atoms with Crippen LogP contribution in [0.5, 0.6) is 0 Å². The Labute approximate surface area is 84.7 Å². The molecule has 15 heavy (non-hydrogen) atoms. The van der Waals surface area contributed by atoms with Crippen molar-refractivity contribution in [2.75, 3.05) is 6.61 Å². The minimum Gasteiger partial charge on any atom is -0.459 e. The van der Waals surface area contributed by atoms with Gasteiger partial charge in [0.2, 0.25) is 0 Å². The number of hydrogen-bond donors (Lipinski definition) is 0. The molecule has 1 aromatic carbocycles. The molecule has 0 saturated carbocycles. The molecule has 0 heterocycles. The maximum Gasteiger partial charge on any atom is 0.490 e. The van der Waals surface area contributed by atoms with Crippen LogP contribution in [0.3, 0.4) is 0 Å². The first-order valence-electron chi connectivity index (χ1n) is 4.28. The summed E-state index contributed by atoms with van der Waals surface area (Å²) in [4.78, 5) is 10.3. The molecule has 1 aromatic rings. The van der Waals surface area contributed by atoms with Crippen LogP contribution >= 0.6 is 0 Å². The van der Waals surface area contributed by atoms with E-state index in [2.05, 4.69) is 4.74 Å². The minimum atomic E-state index is -4.91. The predicted octanol–water partition coefficient (Wildman–Crippen LogP) is 2.33. The van der Waals surface area contributed by atoms with Crippen LogP contribution in [0.4, 0.5) is 13.2 Å². The van der Waals surface area contributed by atoms with Crippen molar-refractivity contribution in [1.82, 2.24) is 0 Å². The van der Waals surface area contributed by atoms with E-state index in [0.717, 1.165) is 5.56 Å². The summed E-state index contributed by atoms with van der Waals surface area (Å²) in [6, 6.07) is 8.83. The number of carbonyl (C=O) groups excluding carboxylic acids is 1. The molecule has 0 saturated heterocycles. The summed E-state index contributed by atoms with van der Waals surface area (Å²) in [5, 5.41) is 0. The second-order valence-corrected chi connectivity index (χ2v) is 2.87. The van der Waals surface area contributed by atoms with Crippen LogP contribution < -0.4 is 0 Å². The first-order chi connectivity index (χ1) is 7.00. The predicted molar refractivity (Wildman–Crippen MR) is 47.2 cm³/mol. The average Bonchev–Trinajstić information content (AvgIpc) is 2.18. The third-order valence-electron chi connectivity index (χ3n) is 1.70. The van der Waals surface area contributed by atoms with Gasteiger partial charge in [0.15, 0.2) is 0 Å². The highest BCUT2D eigenvalue weighted by atomic mass is 19.4. The van der Waals surface area contributed by atoms with Crippen molar-refractivity contribution in [3.63, 3.8) is 0 Å². The molecule has 0 amide bonds. The molecule has 0 atom stereocenters. The van der Waals surface area contributed by atoms with Crippen molar-refractivity contribution < 1.29 is 22.7 Å². The number of esters is 1. The second-order valence-electron chi connectivity index (χ2n) is 2.87. The lowest BCUT2D eigenvalue weighted by molar-refractivity contribution is -0.199. The first-order valence-corrected chi connectivity index (χ1v) is 4.28. The van der Waals surface area contributed by atoms with Gasteiger partial charge in [0.25, 0.3) is 0 Å². The monoisotopic (exact) mass is 218 g/mol. The molecule has 0 N–H and O–H groups in total. The lowest BCUT2D eigenvalue weighted by atomic mass is 10.2. The molecule has 0 fully saturated rings. The fourth-order valence-corrected chi connectivity index (χ4v) is 0.988. The Balaban J connectivity index is 2.32. The van der Waals surface area contributed by atoms with E-state index in [-0.39, 0.29) is 13.0 Å². The van der Waals surface area contributed by atoms with Crippen LogP contribution in [0, 0.1) is 0 Å². The largest absolute Gasteiger partial charge is 0.490 e. The van der Waals surface area contributed by atoms with Gasteiger partial charge in [-0.3, -0.25) is 0 Å². The lowest BCUT2D eigenvalue weighted by Crippen LogP contribution is -2.26. The summed E-state index contributed by atoms with van der Waals surface area (Å²) in [5.74, 6) is -2.14. The van der Waals surface area contributed by atoms with Gasteiger partial charge in [-0.2, -0.15) is 13.2 Å². The van der Waals surface area contributed by atoms with Gasteiger partial charge in [-0.25, -0.2) is 4.79 Å². The zero-order valence-electron chi connectivity index (χ0n) is 7.75. The van der Waals surface area contributed by atoms with Crippen molar-refractivity contribution in [2.45, 2.75) is 12.6 Å². The first kappa shape index (κ1) is 11.6. The third kappa shape index (κ3) is 4.01. The van der Waals surface area contributed by atoms with Crippen molar-refractivity contribution in [3.8, 4) is 0 Å². The van der Waals surface area contributed by atoms with E-state index in [1.165, 1.54) is 0 Å². The van der Waals surface area contributed by atoms with Gasteiger partial charge in [-0.05, 0) is 5.56 Å². The number of carbonyl (C=O) groups is 1. The number of rotatable bonds is 3. The van der Waals surface area contributed by atoms with Crippen LogP contribution in [0.2, 0.25) is 0 Å². The van der Waals surface area contributed by atoms with Crippen LogP contribution in [-0.4, -0.2) is 18.8 Å². The molecule has 0 spiro atoms. The summed E-state index contributed by atoms with van der Waals surface area (Å²) >= 11 is 0. The summed E-state index contributed by atoms with van der Waals surface area (Å²) in [6.45, 7) is -0.262. The average molecular weight is 218 g/mol. The summed E-state index contributed by atoms with van der Waals surface area (Å²) in [6.07, 6.45) is -4.63. The van der Waals surface area contributed by atoms with Crippen LogP contribution in [0.1, 0.15) is 5.56 Å². The highest BCUT2D eigenvalue weighted by molar-refractivity contribution is 5.75. The minimum absolute atomic E-state index is 0.262. The van der Waals surface area contributed by atoms with Gasteiger partial charge in [-0.15, -0.1) is 0 Å². The molecule has 0 aromatic heterocycles. The Morgan fingerprint density at radius 3 is 2.33 bits per heavy atom. The molecule has 5 heteroatoms. The number of hydrogen-bond acceptors (Lipinski definition) is 2. The Kier molecular flexibility index (Phi) is 3.71. The fraction of sp³-hybridized carbons (Fsp3) is 0.300. The van der Waals surface area contributed by atoms with Gasteiger partial charge >= 0.3 is 12.1 Å². The highest BCUT2D eigenvalue weighted by Crippen LogP contribution is 2.16. The van der Waals surface area contributed by atoms with Crippen molar-refractivity contribution >= 4 is 5.97 Å². The molecular formula is C10H9F3O2. The normalized spacial score (nSPS) is 11.1. The lowest BCUT2D eigenvalue weighted by Gasteiger charge is -2.06. The maximum absolute atomic E-state index is 11.7. The van der Waals surface area contributed by atoms with Crippen LogP contribution in [0.25, 0.3) is 0 Å². The van der Waals surface area contributed by atoms with Gasteiger partial charge in [0.1, 0.15) is 0 Å². The van der Waals surface area contributed by atoms with Crippen LogP contribution in [-0.2, 0) is 16.0 Å². The summed E-state index contributed by atoms with van der Waals surface area (Å²) in [5.41, 5.74) is 0.826. The molecule has 82 valence electrons. The van der Waals surface area contributed by atoms with Crippen molar-refractivity contribution in [1.29, 1.82) is 0 Å². The van der Waals surface area contributed by atoms with Gasteiger partial charge in [-0.1, -0.05) is 30.3 Å². The smallest absolute Gasteiger partial charge is 0.459 e. The van der Waals surface area contributed by atoms with E-state index in [1.807, 2.05) is 0 Å². The van der Waals surface area contributed by atoms with Gasteiger partial charge in [0, 0.05) is 6.42 Å². The molecule has 0 aliphatic rings. The van der Waals surface area contributed by atoms with Gasteiger partial charge in [0.05, 0.1) is 6.61 Å². The highest BCUT2D eigenvalue weighted by Gasteiger charge is 2.40. The molecule has 0 unspecified atom stereocenters. The number of benzene rings is 1. The summed E-state index contributed by atoms with van der Waals surface area (Å²) in [7, 11) is 0. The summed E-state index contributed by atoms with van der Waals surface area (Å²) < 4.78 is 39.1. The number of alkyl halides is 3. The molecule has 0 aliphatic heterocycles. The van der Waals surface area contributed by atoms with E-state index < -0.39 is 12.1 Å². The topological polar surface area (TPSA) is 26.3 Å². The van der Waals surface area contributed by atoms with Crippen LogP contribution in [0.15, 0.2) is 30.3 Å². The SMILES string of the molecule is O=C(OCCc1ccccc1)C(F)(F)F. The van der Waals surface area contributed by atoms with E-state index in [0.29, 0.717) is 0 Å². The van der Waals surface area contributed by atoms with E-state index in [4.69, 9.17) is 0 Å². The zero-order valence-corrected chi connectivity index (χ0v) is 7.75. The quantitative estimate of drug-likeness (QED) is 0.728. The van der Waals surface area contributed by atoms with Crippen molar-refractivity contribution in [3.05, 3.63) is 35.9 Å². The Morgan fingerprint density at radius 1 is 1.20 bits per heavy atom. The second kappa shape index (κ2) is 4.82. The molecule has 0 bridgehead atoms. The van der Waals surface area contributed by atoms with E-state index in [1.54, 1.807) is 30.3 Å². The molecule has 0 radical (unpaired) electrons. The fourth-order valence-electron chi connectivity index (χ4n) is 0.988. The van der Waals surface area contributed by atoms with Crippen molar-refractivity contribution in [2.24, 2.45) is 0 Å². The number of halogens is 3. The molecule has 0 aliphatic carbocycles. The van der Waals surface area contributed by atoms with E-state index in [9.17, 15) is 18.0 Å².